The van der Waals surface area contributed by atoms with Crippen LogP contribution in [0.2, 0.25) is 0 Å². The maximum atomic E-state index is 4.99. The Balaban J connectivity index is 0. The minimum atomic E-state index is 0. The summed E-state index contributed by atoms with van der Waals surface area (Å²) < 4.78 is 0. The zero-order valence-electron chi connectivity index (χ0n) is 2.92. The molecule has 5 nitrogen and oxygen atoms in total. The van der Waals surface area contributed by atoms with E-state index in [4.69, 9.17) is 5.73 Å². The van der Waals surface area contributed by atoms with E-state index in [0.717, 1.165) is 0 Å². The summed E-state index contributed by atoms with van der Waals surface area (Å²) in [5, 5.41) is 11.9. The molecule has 36 valence electrons. The van der Waals surface area contributed by atoms with Crippen LogP contribution in [0.25, 0.3) is 0 Å². The summed E-state index contributed by atoms with van der Waals surface area (Å²) in [6.07, 6.45) is 0. The molecule has 0 fully saturated rings. The van der Waals surface area contributed by atoms with Gasteiger partial charge in [0, 0.05) is 0 Å². The van der Waals surface area contributed by atoms with Crippen LogP contribution in [0.15, 0.2) is 0 Å². The van der Waals surface area contributed by atoms with Crippen molar-refractivity contribution in [3.63, 3.8) is 0 Å². The predicted molar refractivity (Wildman–Crippen MR) is 32.9 cm³/mol. The van der Waals surface area contributed by atoms with Crippen molar-refractivity contribution >= 4 is 109 Å². The summed E-state index contributed by atoms with van der Waals surface area (Å²) in [4.78, 5) is 0. The van der Waals surface area contributed by atoms with Gasteiger partial charge in [-0.25, -0.2) is 5.10 Å². The first-order valence-corrected chi connectivity index (χ1v) is 1.39. The Hall–Kier alpha value is 2.14. The van der Waals surface area contributed by atoms with Crippen LogP contribution in [0.4, 0.5) is 5.95 Å². The first-order valence-electron chi connectivity index (χ1n) is 1.39. The fourth-order valence-corrected chi connectivity index (χ4v) is 0.166. The molecular weight excluding hydrogens is 160 g/mol. The second-order valence-corrected chi connectivity index (χ2v) is 0.786. The number of rotatable bonds is 0. The quantitative estimate of drug-likeness (QED) is 0.416. The van der Waals surface area contributed by atoms with Gasteiger partial charge in [0.15, 0.2) is 0 Å². The molecule has 1 aromatic heterocycles. The average Bonchev–Trinajstić information content (AvgIpc) is 1.86. The number of hydrogen-bond acceptors (Lipinski definition) is 4. The van der Waals surface area contributed by atoms with E-state index in [1.165, 1.54) is 0 Å². The van der Waals surface area contributed by atoms with Gasteiger partial charge < -0.3 is 5.73 Å². The van der Waals surface area contributed by atoms with Gasteiger partial charge in [-0.1, -0.05) is 5.10 Å². The summed E-state index contributed by atoms with van der Waals surface area (Å²) in [6, 6.07) is 0. The molecule has 1 rings (SSSR count). The number of nitrogens with one attached hydrogen (secondary N) is 1. The van der Waals surface area contributed by atoms with E-state index >= 15 is 0 Å². The van der Waals surface area contributed by atoms with Gasteiger partial charge in [0.05, 0.1) is 0 Å². The molecule has 0 saturated heterocycles. The Kier molecular flexibility index (Phi) is 11.6. The molecule has 0 saturated carbocycles. The van der Waals surface area contributed by atoms with Crippen molar-refractivity contribution in [2.75, 3.05) is 5.73 Å². The van der Waals surface area contributed by atoms with Gasteiger partial charge in [-0.3, -0.25) is 0 Å². The Morgan fingerprint density at radius 1 is 1.38 bits per heavy atom. The maximum absolute atomic E-state index is 4.99. The number of H-pyrrole nitrogens is 1. The number of aromatic nitrogens is 4. The molecule has 7 heteroatoms. The molecule has 8 heavy (non-hydrogen) atoms. The van der Waals surface area contributed by atoms with Crippen LogP contribution in [-0.2, 0) is 0 Å². The van der Waals surface area contributed by atoms with Crippen LogP contribution in [0.1, 0.15) is 0 Å². The normalized spacial score (nSPS) is 6.50. The Morgan fingerprint density at radius 3 is 2.12 bits per heavy atom. The van der Waals surface area contributed by atoms with Crippen LogP contribution in [0.3, 0.4) is 0 Å². The van der Waals surface area contributed by atoms with Crippen molar-refractivity contribution in [3.8, 4) is 0 Å². The van der Waals surface area contributed by atoms with Crippen LogP contribution in [0, 0.1) is 0 Å². The number of tetrazole rings is 1. The molecule has 0 radical (unpaired) electrons. The molecule has 0 spiro atoms. The van der Waals surface area contributed by atoms with Crippen LogP contribution in [0.5, 0.6) is 0 Å². The first-order chi connectivity index (χ1) is 2.89. The molecular formula is CH5K2N5. The van der Waals surface area contributed by atoms with Crippen LogP contribution in [-0.4, -0.2) is 123 Å². The van der Waals surface area contributed by atoms with Gasteiger partial charge in [-0.05, 0) is 10.4 Å². The summed E-state index contributed by atoms with van der Waals surface area (Å²) >= 11 is 0. The van der Waals surface area contributed by atoms with E-state index in [-0.39, 0.29) is 109 Å². The standard InChI is InChI=1S/CH3N5.2K.2H/c2-1-3-5-6-4-1;;;;/h(H3,2,3,4,5,6);;;;. The fourth-order valence-electron chi connectivity index (χ4n) is 0.166. The van der Waals surface area contributed by atoms with Crippen LogP contribution < -0.4 is 5.73 Å². The van der Waals surface area contributed by atoms with E-state index in [0.29, 0.717) is 0 Å². The number of anilines is 1. The van der Waals surface area contributed by atoms with E-state index in [9.17, 15) is 0 Å². The first kappa shape index (κ1) is 12.8. The van der Waals surface area contributed by atoms with Gasteiger partial charge in [-0.15, -0.1) is 0 Å². The van der Waals surface area contributed by atoms with Crippen LogP contribution >= 0.6 is 0 Å². The van der Waals surface area contributed by atoms with E-state index < -0.39 is 0 Å². The van der Waals surface area contributed by atoms with Crippen molar-refractivity contribution < 1.29 is 0 Å². The second kappa shape index (κ2) is 7.25. The Morgan fingerprint density at radius 2 is 2.00 bits per heavy atom. The summed E-state index contributed by atoms with van der Waals surface area (Å²) in [6.45, 7) is 0. The number of nitrogens with two attached hydrogens (primary N) is 1. The monoisotopic (exact) mass is 165 g/mol. The van der Waals surface area contributed by atoms with Gasteiger partial charge >= 0.3 is 103 Å². The molecule has 0 amide bonds. The number of nitrogens with zero attached hydrogens (tertiary/aromatic N) is 3. The molecule has 1 aromatic rings. The third kappa shape index (κ3) is 4.97. The van der Waals surface area contributed by atoms with Crippen molar-refractivity contribution in [1.29, 1.82) is 0 Å². The Labute approximate surface area is 131 Å². The van der Waals surface area contributed by atoms with E-state index in [1.54, 1.807) is 0 Å². The average molecular weight is 165 g/mol. The van der Waals surface area contributed by atoms with Crippen molar-refractivity contribution in [3.05, 3.63) is 0 Å². The van der Waals surface area contributed by atoms with Crippen molar-refractivity contribution in [1.82, 2.24) is 20.6 Å². The minimum absolute atomic E-state index is 0. The van der Waals surface area contributed by atoms with Gasteiger partial charge in [0.2, 0.25) is 5.95 Å². The zero-order valence-corrected chi connectivity index (χ0v) is 2.92. The van der Waals surface area contributed by atoms with Gasteiger partial charge in [-0.2, -0.15) is 0 Å². The Bertz CT molecular complexity index is 114. The third-order valence-electron chi connectivity index (χ3n) is 0.362. The molecule has 0 atom stereocenters. The topological polar surface area (TPSA) is 80.5 Å². The summed E-state index contributed by atoms with van der Waals surface area (Å²) in [5.41, 5.74) is 4.99. The molecule has 0 bridgehead atoms. The number of aromatic amines is 1. The fraction of sp³-hybridized carbons (Fsp3) is 0. The predicted octanol–water partition coefficient (Wildman–Crippen LogP) is -2.52. The molecule has 0 aliphatic rings. The van der Waals surface area contributed by atoms with Crippen molar-refractivity contribution in [2.45, 2.75) is 0 Å². The summed E-state index contributed by atoms with van der Waals surface area (Å²) in [5.74, 6) is 0.245. The third-order valence-corrected chi connectivity index (χ3v) is 0.362. The molecule has 0 unspecified atom stereocenters. The van der Waals surface area contributed by atoms with Gasteiger partial charge in [0.25, 0.3) is 0 Å². The molecule has 1 heterocycles. The second-order valence-electron chi connectivity index (χ2n) is 0.786. The molecule has 0 aromatic carbocycles. The van der Waals surface area contributed by atoms with Gasteiger partial charge in [0.1, 0.15) is 0 Å². The molecule has 0 aliphatic heterocycles. The molecule has 0 aliphatic carbocycles. The number of nitrogen functional groups attached to an aromatic ring is 1. The SMILES string of the molecule is Nc1nnn[nH]1.[KH].[KH]. The zero-order chi connectivity index (χ0) is 4.41. The number of hydrogen-bond donors (Lipinski definition) is 2. The van der Waals surface area contributed by atoms with Crippen molar-refractivity contribution in [2.24, 2.45) is 0 Å². The molecule has 3 N–H and O–H groups in total. The summed E-state index contributed by atoms with van der Waals surface area (Å²) in [7, 11) is 0. The van der Waals surface area contributed by atoms with E-state index in [1.807, 2.05) is 0 Å². The van der Waals surface area contributed by atoms with E-state index in [2.05, 4.69) is 20.6 Å².